The number of ether oxygens (including phenoxy) is 1. The molecule has 1 saturated heterocycles. The first-order chi connectivity index (χ1) is 6.97. The second kappa shape index (κ2) is 5.41. The Balaban J connectivity index is 2.32. The highest BCUT2D eigenvalue weighted by Crippen LogP contribution is 2.37. The van der Waals surface area contributed by atoms with Crippen molar-refractivity contribution in [2.24, 2.45) is 5.41 Å². The molecule has 0 aromatic heterocycles. The number of rotatable bonds is 5. The van der Waals surface area contributed by atoms with Crippen molar-refractivity contribution in [3.05, 3.63) is 0 Å². The molecule has 1 aliphatic heterocycles. The number of hydrogen-bond donors (Lipinski definition) is 1. The molecule has 1 atom stereocenters. The van der Waals surface area contributed by atoms with E-state index < -0.39 is 5.51 Å². The second-order valence-corrected chi connectivity index (χ2v) is 5.04. The third-order valence-corrected chi connectivity index (χ3v) is 3.37. The highest BCUT2D eigenvalue weighted by molar-refractivity contribution is 8.00. The molecule has 1 heterocycles. The van der Waals surface area contributed by atoms with Gasteiger partial charge < -0.3 is 10.1 Å². The van der Waals surface area contributed by atoms with Crippen molar-refractivity contribution in [2.45, 2.75) is 18.3 Å². The number of halogens is 3. The van der Waals surface area contributed by atoms with Crippen LogP contribution in [0.25, 0.3) is 0 Å². The predicted octanol–water partition coefficient (Wildman–Crippen LogP) is 2.26. The molecule has 0 radical (unpaired) electrons. The minimum absolute atomic E-state index is 0.0615. The van der Waals surface area contributed by atoms with Gasteiger partial charge in [-0.2, -0.15) is 13.2 Å². The molecule has 0 spiro atoms. The van der Waals surface area contributed by atoms with Crippen LogP contribution in [0.2, 0.25) is 0 Å². The lowest BCUT2D eigenvalue weighted by Gasteiger charge is -2.26. The summed E-state index contributed by atoms with van der Waals surface area (Å²) in [7, 11) is 1.82. The lowest BCUT2D eigenvalue weighted by Crippen LogP contribution is -2.33. The topological polar surface area (TPSA) is 21.3 Å². The molecular formula is C9H16F3NOS. The Kier molecular flexibility index (Phi) is 4.73. The van der Waals surface area contributed by atoms with Crippen molar-refractivity contribution < 1.29 is 17.9 Å². The third-order valence-electron chi connectivity index (χ3n) is 2.63. The van der Waals surface area contributed by atoms with Crippen molar-refractivity contribution in [2.75, 3.05) is 32.6 Å². The summed E-state index contributed by atoms with van der Waals surface area (Å²) in [6, 6.07) is 0. The van der Waals surface area contributed by atoms with E-state index in [-0.39, 0.29) is 22.9 Å². The molecule has 0 aromatic carbocycles. The Hall–Kier alpha value is 0.0600. The van der Waals surface area contributed by atoms with Crippen LogP contribution in [0.4, 0.5) is 13.2 Å². The van der Waals surface area contributed by atoms with Gasteiger partial charge in [0.05, 0.1) is 6.61 Å². The van der Waals surface area contributed by atoms with Gasteiger partial charge >= 0.3 is 5.51 Å². The van der Waals surface area contributed by atoms with Gasteiger partial charge in [0, 0.05) is 24.3 Å². The fraction of sp³-hybridized carbons (Fsp3) is 1.00. The smallest absolute Gasteiger partial charge is 0.381 e. The van der Waals surface area contributed by atoms with Crippen LogP contribution in [0, 0.1) is 5.41 Å². The maximum Gasteiger partial charge on any atom is 0.441 e. The molecule has 0 aliphatic carbocycles. The Morgan fingerprint density at radius 3 is 2.67 bits per heavy atom. The first kappa shape index (κ1) is 13.1. The summed E-state index contributed by atoms with van der Waals surface area (Å²) >= 11 is 0.0615. The van der Waals surface area contributed by atoms with E-state index in [1.165, 1.54) is 0 Å². The highest BCUT2D eigenvalue weighted by Gasteiger charge is 2.36. The maximum atomic E-state index is 12.0. The van der Waals surface area contributed by atoms with Crippen molar-refractivity contribution in [1.29, 1.82) is 0 Å². The summed E-state index contributed by atoms with van der Waals surface area (Å²) in [5, 5.41) is 3.03. The minimum Gasteiger partial charge on any atom is -0.381 e. The Labute approximate surface area is 91.9 Å². The van der Waals surface area contributed by atoms with Crippen LogP contribution in [0.3, 0.4) is 0 Å². The molecule has 1 rings (SSSR count). The molecule has 2 nitrogen and oxygen atoms in total. The zero-order valence-electron chi connectivity index (χ0n) is 8.69. The van der Waals surface area contributed by atoms with Crippen LogP contribution in [0.15, 0.2) is 0 Å². The lowest BCUT2D eigenvalue weighted by atomic mass is 9.84. The number of thioether (sulfide) groups is 1. The molecule has 15 heavy (non-hydrogen) atoms. The van der Waals surface area contributed by atoms with Gasteiger partial charge in [-0.3, -0.25) is 0 Å². The molecule has 0 bridgehead atoms. The van der Waals surface area contributed by atoms with Gasteiger partial charge in [-0.05, 0) is 19.9 Å². The summed E-state index contributed by atoms with van der Waals surface area (Å²) in [4.78, 5) is 0. The predicted molar refractivity (Wildman–Crippen MR) is 54.9 cm³/mol. The van der Waals surface area contributed by atoms with Crippen LogP contribution in [-0.2, 0) is 4.74 Å². The van der Waals surface area contributed by atoms with Crippen molar-refractivity contribution in [3.8, 4) is 0 Å². The Bertz CT molecular complexity index is 192. The van der Waals surface area contributed by atoms with E-state index in [2.05, 4.69) is 5.32 Å². The van der Waals surface area contributed by atoms with Crippen molar-refractivity contribution in [1.82, 2.24) is 5.32 Å². The molecular weight excluding hydrogens is 227 g/mol. The molecule has 1 fully saturated rings. The quantitative estimate of drug-likeness (QED) is 0.800. The first-order valence-corrected chi connectivity index (χ1v) is 5.89. The molecule has 1 N–H and O–H groups in total. The van der Waals surface area contributed by atoms with Gasteiger partial charge in [-0.15, -0.1) is 0 Å². The SMILES string of the molecule is CNCC1(CCSC(F)(F)F)CCOC1. The van der Waals surface area contributed by atoms with E-state index in [0.717, 1.165) is 13.0 Å². The molecule has 0 aromatic rings. The summed E-state index contributed by atoms with van der Waals surface area (Å²) in [5.74, 6) is 0.120. The minimum atomic E-state index is -4.11. The first-order valence-electron chi connectivity index (χ1n) is 4.90. The van der Waals surface area contributed by atoms with Gasteiger partial charge in [0.2, 0.25) is 0 Å². The van der Waals surface area contributed by atoms with Gasteiger partial charge in [0.25, 0.3) is 0 Å². The molecule has 0 saturated carbocycles. The largest absolute Gasteiger partial charge is 0.441 e. The summed E-state index contributed by atoms with van der Waals surface area (Å²) in [5.41, 5.74) is -4.20. The third kappa shape index (κ3) is 4.61. The maximum absolute atomic E-state index is 12.0. The van der Waals surface area contributed by atoms with E-state index in [4.69, 9.17) is 4.74 Å². The fourth-order valence-electron chi connectivity index (χ4n) is 1.83. The van der Waals surface area contributed by atoms with E-state index >= 15 is 0 Å². The number of alkyl halides is 3. The zero-order valence-corrected chi connectivity index (χ0v) is 9.51. The fourth-order valence-corrected chi connectivity index (χ4v) is 2.60. The average molecular weight is 243 g/mol. The molecule has 1 aliphatic rings. The zero-order chi connectivity index (χ0) is 11.4. The molecule has 1 unspecified atom stereocenters. The normalized spacial score (nSPS) is 27.2. The van der Waals surface area contributed by atoms with E-state index in [9.17, 15) is 13.2 Å². The lowest BCUT2D eigenvalue weighted by molar-refractivity contribution is -0.0329. The highest BCUT2D eigenvalue weighted by atomic mass is 32.2. The van der Waals surface area contributed by atoms with Gasteiger partial charge in [-0.1, -0.05) is 11.8 Å². The Morgan fingerprint density at radius 2 is 2.20 bits per heavy atom. The van der Waals surface area contributed by atoms with E-state index in [1.807, 2.05) is 7.05 Å². The summed E-state index contributed by atoms with van der Waals surface area (Å²) < 4.78 is 41.1. The van der Waals surface area contributed by atoms with Gasteiger partial charge in [0.15, 0.2) is 0 Å². The van der Waals surface area contributed by atoms with Gasteiger partial charge in [0.1, 0.15) is 0 Å². The standard InChI is InChI=1S/C9H16F3NOS/c1-13-6-8(2-4-14-7-8)3-5-15-9(10,11)12/h13H,2-7H2,1H3. The van der Waals surface area contributed by atoms with Crippen molar-refractivity contribution >= 4 is 11.8 Å². The molecule has 90 valence electrons. The van der Waals surface area contributed by atoms with Crippen LogP contribution in [0.1, 0.15) is 12.8 Å². The van der Waals surface area contributed by atoms with Crippen LogP contribution >= 0.6 is 11.8 Å². The van der Waals surface area contributed by atoms with E-state index in [0.29, 0.717) is 19.6 Å². The van der Waals surface area contributed by atoms with Crippen LogP contribution in [-0.4, -0.2) is 38.1 Å². The molecule has 0 amide bonds. The Morgan fingerprint density at radius 1 is 1.47 bits per heavy atom. The second-order valence-electron chi connectivity index (χ2n) is 3.88. The summed E-state index contributed by atoms with van der Waals surface area (Å²) in [6.07, 6.45) is 1.41. The van der Waals surface area contributed by atoms with Gasteiger partial charge in [-0.25, -0.2) is 0 Å². The average Bonchev–Trinajstić information content (AvgIpc) is 2.52. The van der Waals surface area contributed by atoms with E-state index in [1.54, 1.807) is 0 Å². The van der Waals surface area contributed by atoms with Crippen LogP contribution in [0.5, 0.6) is 0 Å². The number of hydrogen-bond acceptors (Lipinski definition) is 3. The number of nitrogens with one attached hydrogen (secondary N) is 1. The van der Waals surface area contributed by atoms with Crippen molar-refractivity contribution in [3.63, 3.8) is 0 Å². The summed E-state index contributed by atoms with van der Waals surface area (Å²) in [6.45, 7) is 1.97. The molecule has 6 heteroatoms. The van der Waals surface area contributed by atoms with Crippen LogP contribution < -0.4 is 5.32 Å². The monoisotopic (exact) mass is 243 g/mol.